The topological polar surface area (TPSA) is 68.2 Å². The third-order valence-electron chi connectivity index (χ3n) is 4.92. The van der Waals surface area contributed by atoms with Crippen LogP contribution in [0.1, 0.15) is 39.2 Å². The van der Waals surface area contributed by atoms with Crippen LogP contribution in [-0.2, 0) is 10.3 Å². The van der Waals surface area contributed by atoms with Crippen LogP contribution in [-0.4, -0.2) is 41.9 Å². The molecule has 29 heavy (non-hydrogen) atoms. The highest BCUT2D eigenvalue weighted by Gasteiger charge is 2.38. The molecule has 1 fully saturated rings. The van der Waals surface area contributed by atoms with Crippen LogP contribution in [0.15, 0.2) is 48.5 Å². The van der Waals surface area contributed by atoms with Crippen molar-refractivity contribution < 1.29 is 24.1 Å². The number of carbonyl (C=O) groups is 1. The number of rotatable bonds is 4. The van der Waals surface area contributed by atoms with E-state index in [1.165, 1.54) is 0 Å². The predicted octanol–water partition coefficient (Wildman–Crippen LogP) is 4.71. The minimum atomic E-state index is -1.07. The summed E-state index contributed by atoms with van der Waals surface area (Å²) >= 11 is 0. The second-order valence-electron chi connectivity index (χ2n) is 8.27. The van der Waals surface area contributed by atoms with Gasteiger partial charge in [-0.15, -0.1) is 0 Å². The summed E-state index contributed by atoms with van der Waals surface area (Å²) in [6.45, 7) is 6.37. The molecule has 0 aliphatic carbocycles. The zero-order valence-corrected chi connectivity index (χ0v) is 17.5. The van der Waals surface area contributed by atoms with E-state index in [1.54, 1.807) is 12.0 Å². The van der Waals surface area contributed by atoms with Crippen molar-refractivity contribution in [2.75, 3.05) is 20.2 Å². The van der Waals surface area contributed by atoms with Crippen molar-refractivity contribution in [2.24, 2.45) is 0 Å². The molecule has 0 spiro atoms. The number of carbonyl (C=O) groups excluding carboxylic acids is 1. The Balaban J connectivity index is 1.73. The van der Waals surface area contributed by atoms with Gasteiger partial charge in [0, 0.05) is 18.7 Å². The SMILES string of the molecule is COc1ccc(Oc2ccccc2C2(O)CCN(C(=O)OC(C)(C)C)CC2)cc1. The molecule has 1 heterocycles. The van der Waals surface area contributed by atoms with Crippen molar-refractivity contribution >= 4 is 6.09 Å². The van der Waals surface area contributed by atoms with Crippen molar-refractivity contribution in [2.45, 2.75) is 44.8 Å². The Morgan fingerprint density at radius 2 is 1.59 bits per heavy atom. The molecule has 1 N–H and O–H groups in total. The van der Waals surface area contributed by atoms with Gasteiger partial charge in [0.25, 0.3) is 0 Å². The number of para-hydroxylation sites is 1. The van der Waals surface area contributed by atoms with Crippen LogP contribution in [0.3, 0.4) is 0 Å². The van der Waals surface area contributed by atoms with Crippen LogP contribution < -0.4 is 9.47 Å². The molecule has 3 rings (SSSR count). The summed E-state index contributed by atoms with van der Waals surface area (Å²) in [5, 5.41) is 11.3. The van der Waals surface area contributed by atoms with Gasteiger partial charge in [0.05, 0.1) is 12.7 Å². The van der Waals surface area contributed by atoms with E-state index in [4.69, 9.17) is 14.2 Å². The highest BCUT2D eigenvalue weighted by atomic mass is 16.6. The molecule has 1 saturated heterocycles. The predicted molar refractivity (Wildman–Crippen MR) is 110 cm³/mol. The van der Waals surface area contributed by atoms with E-state index in [1.807, 2.05) is 69.3 Å². The molecule has 156 valence electrons. The quantitative estimate of drug-likeness (QED) is 0.807. The van der Waals surface area contributed by atoms with Gasteiger partial charge >= 0.3 is 6.09 Å². The van der Waals surface area contributed by atoms with E-state index in [9.17, 15) is 9.90 Å². The maximum absolute atomic E-state index is 12.3. The molecule has 1 amide bonds. The Bertz CT molecular complexity index is 833. The monoisotopic (exact) mass is 399 g/mol. The van der Waals surface area contributed by atoms with Crippen LogP contribution in [0.4, 0.5) is 4.79 Å². The molecule has 6 heteroatoms. The van der Waals surface area contributed by atoms with Crippen LogP contribution >= 0.6 is 0 Å². The number of piperidine rings is 1. The Labute approximate surface area is 172 Å². The summed E-state index contributed by atoms with van der Waals surface area (Å²) in [6.07, 6.45) is 0.479. The molecule has 0 saturated carbocycles. The largest absolute Gasteiger partial charge is 0.497 e. The van der Waals surface area contributed by atoms with Gasteiger partial charge in [0.2, 0.25) is 0 Å². The van der Waals surface area contributed by atoms with E-state index in [0.717, 1.165) is 11.3 Å². The first-order valence-electron chi connectivity index (χ1n) is 9.82. The molecule has 1 aliphatic rings. The molecule has 1 aliphatic heterocycles. The maximum atomic E-state index is 12.3. The van der Waals surface area contributed by atoms with Gasteiger partial charge in [-0.1, -0.05) is 18.2 Å². The summed E-state index contributed by atoms with van der Waals surface area (Å²) in [5.41, 5.74) is -0.884. The van der Waals surface area contributed by atoms with E-state index >= 15 is 0 Å². The first-order chi connectivity index (χ1) is 13.7. The Kier molecular flexibility index (Phi) is 6.03. The van der Waals surface area contributed by atoms with E-state index in [0.29, 0.717) is 37.4 Å². The fourth-order valence-corrected chi connectivity index (χ4v) is 3.37. The standard InChI is InChI=1S/C23H29NO5/c1-22(2,3)29-21(25)24-15-13-23(26,14-16-24)19-7-5-6-8-20(19)28-18-11-9-17(27-4)10-12-18/h5-12,26H,13-16H2,1-4H3. The summed E-state index contributed by atoms with van der Waals surface area (Å²) in [4.78, 5) is 14.0. The molecule has 0 atom stereocenters. The number of amides is 1. The van der Waals surface area contributed by atoms with Crippen molar-refractivity contribution in [3.8, 4) is 17.2 Å². The summed E-state index contributed by atoms with van der Waals surface area (Å²) in [5.74, 6) is 2.01. The average molecular weight is 399 g/mol. The number of likely N-dealkylation sites (tertiary alicyclic amines) is 1. The fraction of sp³-hybridized carbons (Fsp3) is 0.435. The number of ether oxygens (including phenoxy) is 3. The Morgan fingerprint density at radius 1 is 1.00 bits per heavy atom. The van der Waals surface area contributed by atoms with Gasteiger partial charge in [-0.2, -0.15) is 0 Å². The highest BCUT2D eigenvalue weighted by Crippen LogP contribution is 2.40. The molecule has 6 nitrogen and oxygen atoms in total. The van der Waals surface area contributed by atoms with Crippen LogP contribution in [0.2, 0.25) is 0 Å². The Hall–Kier alpha value is -2.73. The zero-order chi connectivity index (χ0) is 21.1. The lowest BCUT2D eigenvalue weighted by atomic mass is 9.84. The number of nitrogens with zero attached hydrogens (tertiary/aromatic N) is 1. The molecule has 2 aromatic rings. The second-order valence-corrected chi connectivity index (χ2v) is 8.27. The van der Waals surface area contributed by atoms with Gasteiger partial charge in [0.15, 0.2) is 0 Å². The summed E-state index contributed by atoms with van der Waals surface area (Å²) < 4.78 is 16.7. The maximum Gasteiger partial charge on any atom is 0.410 e. The lowest BCUT2D eigenvalue weighted by Gasteiger charge is -2.39. The van der Waals surface area contributed by atoms with E-state index in [-0.39, 0.29) is 6.09 Å². The first kappa shape index (κ1) is 21.0. The lowest BCUT2D eigenvalue weighted by molar-refractivity contribution is -0.0365. The number of methoxy groups -OCH3 is 1. The minimum Gasteiger partial charge on any atom is -0.497 e. The van der Waals surface area contributed by atoms with Gasteiger partial charge in [-0.25, -0.2) is 4.79 Å². The minimum absolute atomic E-state index is 0.345. The number of aliphatic hydroxyl groups is 1. The molecular formula is C23H29NO5. The molecule has 0 bridgehead atoms. The van der Waals surface area contributed by atoms with Crippen molar-refractivity contribution in [1.29, 1.82) is 0 Å². The zero-order valence-electron chi connectivity index (χ0n) is 17.5. The Morgan fingerprint density at radius 3 is 2.17 bits per heavy atom. The van der Waals surface area contributed by atoms with Gasteiger partial charge in [-0.05, 0) is 63.9 Å². The molecule has 0 radical (unpaired) electrons. The molecule has 2 aromatic carbocycles. The van der Waals surface area contributed by atoms with E-state index in [2.05, 4.69) is 0 Å². The third kappa shape index (κ3) is 5.21. The highest BCUT2D eigenvalue weighted by molar-refractivity contribution is 5.68. The molecule has 0 aromatic heterocycles. The smallest absolute Gasteiger partial charge is 0.410 e. The molecule has 0 unspecified atom stereocenters. The van der Waals surface area contributed by atoms with E-state index < -0.39 is 11.2 Å². The van der Waals surface area contributed by atoms with Crippen molar-refractivity contribution in [3.63, 3.8) is 0 Å². The fourth-order valence-electron chi connectivity index (χ4n) is 3.37. The van der Waals surface area contributed by atoms with Crippen LogP contribution in [0.25, 0.3) is 0 Å². The number of hydrogen-bond acceptors (Lipinski definition) is 5. The second kappa shape index (κ2) is 8.33. The third-order valence-corrected chi connectivity index (χ3v) is 4.92. The van der Waals surface area contributed by atoms with Gasteiger partial charge in [-0.3, -0.25) is 0 Å². The first-order valence-corrected chi connectivity index (χ1v) is 9.82. The summed E-state index contributed by atoms with van der Waals surface area (Å²) in [6, 6.07) is 14.8. The van der Waals surface area contributed by atoms with Crippen LogP contribution in [0, 0.1) is 0 Å². The van der Waals surface area contributed by atoms with Crippen molar-refractivity contribution in [3.05, 3.63) is 54.1 Å². The van der Waals surface area contributed by atoms with Crippen LogP contribution in [0.5, 0.6) is 17.2 Å². The number of benzene rings is 2. The van der Waals surface area contributed by atoms with Gasteiger partial charge < -0.3 is 24.2 Å². The lowest BCUT2D eigenvalue weighted by Crippen LogP contribution is -2.46. The van der Waals surface area contributed by atoms with Gasteiger partial charge in [0.1, 0.15) is 22.8 Å². The average Bonchev–Trinajstić information content (AvgIpc) is 2.68. The van der Waals surface area contributed by atoms with Crippen molar-refractivity contribution in [1.82, 2.24) is 4.90 Å². The molecular weight excluding hydrogens is 370 g/mol. The number of hydrogen-bond donors (Lipinski definition) is 1. The summed E-state index contributed by atoms with van der Waals surface area (Å²) in [7, 11) is 1.62. The normalized spacial score (nSPS) is 16.2.